The van der Waals surface area contributed by atoms with Crippen molar-refractivity contribution in [3.05, 3.63) is 0 Å². The van der Waals surface area contributed by atoms with Crippen LogP contribution in [0.25, 0.3) is 0 Å². The Hall–Kier alpha value is 1.42. The fourth-order valence-corrected chi connectivity index (χ4v) is 4.59. The van der Waals surface area contributed by atoms with Crippen LogP contribution in [0.3, 0.4) is 0 Å². The molecule has 0 unspecified atom stereocenters. The molecule has 4 bridgehead atoms. The summed E-state index contributed by atoms with van der Waals surface area (Å²) in [7, 11) is 0. The van der Waals surface area contributed by atoms with Crippen LogP contribution < -0.4 is 51.4 Å². The molecule has 0 saturated heterocycles. The van der Waals surface area contributed by atoms with E-state index in [-0.39, 0.29) is 51.4 Å². The van der Waals surface area contributed by atoms with Gasteiger partial charge in [0, 0.05) is 5.41 Å². The van der Waals surface area contributed by atoms with Crippen LogP contribution in [0.1, 0.15) is 38.5 Å². The van der Waals surface area contributed by atoms with Crippen LogP contribution >= 0.6 is 0 Å². The molecule has 0 aromatic heterocycles. The molecule has 0 N–H and O–H groups in total. The van der Waals surface area contributed by atoms with Crippen molar-refractivity contribution in [2.24, 2.45) is 23.2 Å². The predicted molar refractivity (Wildman–Crippen MR) is 55.7 cm³/mol. The first kappa shape index (κ1) is 11.9. The van der Waals surface area contributed by atoms with Gasteiger partial charge in [-0.2, -0.15) is 0 Å². The summed E-state index contributed by atoms with van der Waals surface area (Å²) in [5.41, 5.74) is 0.385. The summed E-state index contributed by atoms with van der Waals surface area (Å²) in [6, 6.07) is 0. The second kappa shape index (κ2) is 4.35. The minimum atomic E-state index is 0. The molecule has 4 saturated carbocycles. The molecule has 0 atom stereocenters. The van der Waals surface area contributed by atoms with E-state index in [1.54, 1.807) is 0 Å². The van der Waals surface area contributed by atoms with Gasteiger partial charge < -0.3 is 12.6 Å². The summed E-state index contributed by atoms with van der Waals surface area (Å²) in [6.07, 6.45) is 8.59. The van der Waals surface area contributed by atoms with E-state index >= 15 is 0 Å². The second-order valence-corrected chi connectivity index (χ2v) is 5.63. The molecule has 4 rings (SSSR count). The van der Waals surface area contributed by atoms with Gasteiger partial charge in [0.05, 0.1) is 0 Å². The van der Waals surface area contributed by atoms with E-state index in [1.807, 2.05) is 0 Å². The zero-order valence-electron chi connectivity index (χ0n) is 8.88. The molecule has 0 heterocycles. The zero-order chi connectivity index (χ0) is 8.89. The first-order valence-corrected chi connectivity index (χ1v) is 5.85. The third-order valence-electron chi connectivity index (χ3n) is 4.35. The number of hydrogen-bond donors (Lipinski definition) is 0. The van der Waals surface area contributed by atoms with Crippen molar-refractivity contribution >= 4 is 12.6 Å². The summed E-state index contributed by atoms with van der Waals surface area (Å²) < 4.78 is 0. The Morgan fingerprint density at radius 2 is 1.36 bits per heavy atom. The monoisotopic (exact) mass is 230 g/mol. The Kier molecular flexibility index (Phi) is 3.70. The maximum Gasteiger partial charge on any atom is 1.00 e. The standard InChI is InChI=1S/C12H16S.K/c13-2-1-12-6-9-3-10(7-12)5-11(4-9)8-12;/h9-11,13H,3-8H2;/q;+1/p-1. The molecular formula is C12H15KS. The molecule has 0 nitrogen and oxygen atoms in total. The summed E-state index contributed by atoms with van der Waals surface area (Å²) in [4.78, 5) is 0. The van der Waals surface area contributed by atoms with E-state index in [2.05, 4.69) is 11.2 Å². The van der Waals surface area contributed by atoms with Gasteiger partial charge in [0.2, 0.25) is 0 Å². The van der Waals surface area contributed by atoms with E-state index in [4.69, 9.17) is 12.6 Å². The van der Waals surface area contributed by atoms with Crippen LogP contribution in [0.15, 0.2) is 0 Å². The number of rotatable bonds is 0. The fourth-order valence-electron chi connectivity index (χ4n) is 4.37. The molecule has 0 spiro atoms. The maximum absolute atomic E-state index is 4.83. The molecule has 4 fully saturated rings. The quantitative estimate of drug-likeness (QED) is 0.313. The third kappa shape index (κ3) is 1.97. The Bertz CT molecular complexity index is 251. The molecule has 4 aliphatic rings. The molecule has 0 aliphatic heterocycles. The summed E-state index contributed by atoms with van der Waals surface area (Å²) in [5, 5.41) is 2.76. The van der Waals surface area contributed by atoms with Gasteiger partial charge in [-0.05, 0) is 56.3 Å². The Morgan fingerprint density at radius 3 is 1.71 bits per heavy atom. The van der Waals surface area contributed by atoms with E-state index in [0.29, 0.717) is 5.41 Å². The zero-order valence-corrected chi connectivity index (χ0v) is 12.8. The molecular weight excluding hydrogens is 215 g/mol. The topological polar surface area (TPSA) is 0 Å². The molecule has 4 aliphatic carbocycles. The van der Waals surface area contributed by atoms with Crippen LogP contribution in [-0.2, 0) is 12.6 Å². The molecule has 0 radical (unpaired) electrons. The average molecular weight is 230 g/mol. The van der Waals surface area contributed by atoms with Gasteiger partial charge in [-0.1, -0.05) is 0 Å². The van der Waals surface area contributed by atoms with E-state index in [1.165, 1.54) is 38.5 Å². The van der Waals surface area contributed by atoms with Crippen LogP contribution in [0, 0.1) is 34.3 Å². The third-order valence-corrected chi connectivity index (χ3v) is 4.46. The van der Waals surface area contributed by atoms with Crippen LogP contribution in [0.2, 0.25) is 0 Å². The Balaban J connectivity index is 0.000000750. The van der Waals surface area contributed by atoms with Crippen molar-refractivity contribution in [1.29, 1.82) is 0 Å². The van der Waals surface area contributed by atoms with Crippen LogP contribution in [0.5, 0.6) is 0 Å². The average Bonchev–Trinajstić information content (AvgIpc) is 2.00. The number of hydrogen-bond acceptors (Lipinski definition) is 1. The fraction of sp³-hybridized carbons (Fsp3) is 0.833. The minimum Gasteiger partial charge on any atom is -0.725 e. The van der Waals surface area contributed by atoms with Gasteiger partial charge in [-0.3, -0.25) is 0 Å². The summed E-state index contributed by atoms with van der Waals surface area (Å²) >= 11 is 4.83. The summed E-state index contributed by atoms with van der Waals surface area (Å²) in [5.74, 6) is 6.36. The summed E-state index contributed by atoms with van der Waals surface area (Å²) in [6.45, 7) is 0. The normalized spacial score (nSPS) is 47.9. The molecule has 0 aromatic rings. The van der Waals surface area contributed by atoms with Crippen LogP contribution in [-0.4, -0.2) is 0 Å². The molecule has 0 aromatic carbocycles. The molecule has 2 heteroatoms. The van der Waals surface area contributed by atoms with E-state index < -0.39 is 0 Å². The minimum absolute atomic E-state index is 0. The van der Waals surface area contributed by atoms with E-state index in [9.17, 15) is 0 Å². The van der Waals surface area contributed by atoms with Gasteiger partial charge in [-0.25, -0.2) is 5.25 Å². The van der Waals surface area contributed by atoms with Crippen molar-refractivity contribution < 1.29 is 51.4 Å². The molecule has 70 valence electrons. The van der Waals surface area contributed by atoms with Crippen molar-refractivity contribution in [3.8, 4) is 11.2 Å². The van der Waals surface area contributed by atoms with Crippen molar-refractivity contribution in [1.82, 2.24) is 0 Å². The van der Waals surface area contributed by atoms with Gasteiger partial charge in [0.25, 0.3) is 0 Å². The SMILES string of the molecule is [K+].[S-]C#CC12CC3CC(CC(C3)C1)C2. The molecule has 0 amide bonds. The smallest absolute Gasteiger partial charge is 0.725 e. The van der Waals surface area contributed by atoms with Gasteiger partial charge in [-0.15, -0.1) is 5.92 Å². The van der Waals surface area contributed by atoms with Crippen LogP contribution in [0.4, 0.5) is 0 Å². The largest absolute Gasteiger partial charge is 1.00 e. The van der Waals surface area contributed by atoms with Gasteiger partial charge >= 0.3 is 51.4 Å². The van der Waals surface area contributed by atoms with Gasteiger partial charge in [0.1, 0.15) is 0 Å². The van der Waals surface area contributed by atoms with Crippen molar-refractivity contribution in [3.63, 3.8) is 0 Å². The molecule has 14 heavy (non-hydrogen) atoms. The first-order valence-electron chi connectivity index (χ1n) is 5.44. The first-order chi connectivity index (χ1) is 6.30. The van der Waals surface area contributed by atoms with Crippen molar-refractivity contribution in [2.45, 2.75) is 38.5 Å². The Labute approximate surface area is 135 Å². The van der Waals surface area contributed by atoms with E-state index in [0.717, 1.165) is 17.8 Å². The Morgan fingerprint density at radius 1 is 0.929 bits per heavy atom. The second-order valence-electron chi connectivity index (χ2n) is 5.42. The predicted octanol–water partition coefficient (Wildman–Crippen LogP) is -0.285. The maximum atomic E-state index is 4.83. The van der Waals surface area contributed by atoms with Crippen molar-refractivity contribution in [2.75, 3.05) is 0 Å². The van der Waals surface area contributed by atoms with Gasteiger partial charge in [0.15, 0.2) is 0 Å².